The van der Waals surface area contributed by atoms with Gasteiger partial charge in [0.1, 0.15) is 11.6 Å². The summed E-state index contributed by atoms with van der Waals surface area (Å²) in [5.74, 6) is -3.50. The molecule has 0 bridgehead atoms. The Bertz CT molecular complexity index is 1000. The van der Waals surface area contributed by atoms with Crippen LogP contribution >= 0.6 is 0 Å². The third kappa shape index (κ3) is 5.10. The van der Waals surface area contributed by atoms with Crippen molar-refractivity contribution in [1.82, 2.24) is 0 Å². The Morgan fingerprint density at radius 1 is 1.11 bits per heavy atom. The van der Waals surface area contributed by atoms with Crippen LogP contribution in [0.15, 0.2) is 41.3 Å². The van der Waals surface area contributed by atoms with Crippen molar-refractivity contribution >= 4 is 27.4 Å². The number of ether oxygens (including phenoxy) is 1. The molecule has 1 unspecified atom stereocenters. The van der Waals surface area contributed by atoms with Gasteiger partial charge in [-0.15, -0.1) is 0 Å². The van der Waals surface area contributed by atoms with Gasteiger partial charge in [0.2, 0.25) is 0 Å². The Kier molecular flexibility index (Phi) is 5.94. The minimum absolute atomic E-state index is 0.00876. The lowest BCUT2D eigenvalue weighted by Gasteiger charge is -2.15. The second-order valence-corrected chi connectivity index (χ2v) is 7.93. The highest BCUT2D eigenvalue weighted by Crippen LogP contribution is 2.18. The predicted molar refractivity (Wildman–Crippen MR) is 94.2 cm³/mol. The number of carbonyl (C=O) groups excluding carboxylic acids is 2. The molecule has 0 spiro atoms. The van der Waals surface area contributed by atoms with Gasteiger partial charge >= 0.3 is 5.97 Å². The minimum Gasteiger partial charge on any atom is -0.449 e. The van der Waals surface area contributed by atoms with Crippen molar-refractivity contribution in [2.24, 2.45) is 0 Å². The summed E-state index contributed by atoms with van der Waals surface area (Å²) in [5.41, 5.74) is 0.190. The molecule has 0 aliphatic rings. The summed E-state index contributed by atoms with van der Waals surface area (Å²) in [4.78, 5) is 24.3. The van der Waals surface area contributed by atoms with Crippen molar-refractivity contribution in [1.29, 1.82) is 0 Å². The maximum absolute atomic E-state index is 13.6. The van der Waals surface area contributed by atoms with E-state index in [0.717, 1.165) is 24.5 Å². The third-order valence-corrected chi connectivity index (χ3v) is 4.81. The molecular weight excluding hydrogens is 380 g/mol. The fourth-order valence-corrected chi connectivity index (χ4v) is 2.80. The van der Waals surface area contributed by atoms with Crippen molar-refractivity contribution in [3.63, 3.8) is 0 Å². The van der Waals surface area contributed by atoms with Crippen LogP contribution in [0.1, 0.15) is 22.8 Å². The van der Waals surface area contributed by atoms with Crippen molar-refractivity contribution < 1.29 is 31.5 Å². The number of halogens is 2. The Hall–Kier alpha value is -2.81. The molecule has 0 aliphatic heterocycles. The van der Waals surface area contributed by atoms with Crippen molar-refractivity contribution in [3.8, 4) is 0 Å². The molecule has 0 radical (unpaired) electrons. The number of rotatable bonds is 5. The quantitative estimate of drug-likeness (QED) is 0.784. The second-order valence-electron chi connectivity index (χ2n) is 5.91. The maximum Gasteiger partial charge on any atom is 0.339 e. The maximum atomic E-state index is 13.6. The van der Waals surface area contributed by atoms with E-state index in [0.29, 0.717) is 11.6 Å². The summed E-state index contributed by atoms with van der Waals surface area (Å²) in [6.45, 7) is 2.85. The third-order valence-electron chi connectivity index (χ3n) is 3.70. The van der Waals surface area contributed by atoms with Crippen LogP contribution in [0.2, 0.25) is 0 Å². The summed E-state index contributed by atoms with van der Waals surface area (Å²) in [7, 11) is -3.53. The summed E-state index contributed by atoms with van der Waals surface area (Å²) in [6, 6.07) is 6.58. The fraction of sp³-hybridized carbons (Fsp3) is 0.222. The molecular formula is C18H17F2NO5S. The van der Waals surface area contributed by atoms with Gasteiger partial charge in [0, 0.05) is 12.3 Å². The average Bonchev–Trinajstić information content (AvgIpc) is 2.56. The van der Waals surface area contributed by atoms with Gasteiger partial charge in [-0.25, -0.2) is 22.0 Å². The molecule has 0 saturated carbocycles. The second kappa shape index (κ2) is 7.83. The molecule has 2 aromatic carbocycles. The van der Waals surface area contributed by atoms with Crippen LogP contribution in [0, 0.1) is 18.6 Å². The molecule has 1 amide bonds. The highest BCUT2D eigenvalue weighted by molar-refractivity contribution is 7.90. The van der Waals surface area contributed by atoms with E-state index in [9.17, 15) is 26.8 Å². The molecule has 0 saturated heterocycles. The lowest BCUT2D eigenvalue weighted by atomic mass is 10.1. The van der Waals surface area contributed by atoms with Crippen molar-refractivity contribution in [2.45, 2.75) is 24.8 Å². The SMILES string of the molecule is Cc1ccc(S(C)(=O)=O)cc1C(=O)OC(C)C(=O)Nc1ccc(F)cc1F. The normalized spacial score (nSPS) is 12.3. The molecule has 0 aromatic heterocycles. The van der Waals surface area contributed by atoms with Crippen LogP contribution in [0.25, 0.3) is 0 Å². The van der Waals surface area contributed by atoms with Gasteiger partial charge in [0.15, 0.2) is 15.9 Å². The zero-order valence-electron chi connectivity index (χ0n) is 14.7. The van der Waals surface area contributed by atoms with Crippen LogP contribution < -0.4 is 5.32 Å². The number of hydrogen-bond acceptors (Lipinski definition) is 5. The van der Waals surface area contributed by atoms with E-state index in [1.807, 2.05) is 0 Å². The summed E-state index contributed by atoms with van der Waals surface area (Å²) < 4.78 is 54.8. The summed E-state index contributed by atoms with van der Waals surface area (Å²) >= 11 is 0. The van der Waals surface area contributed by atoms with Crippen LogP contribution in [0.3, 0.4) is 0 Å². The zero-order chi connectivity index (χ0) is 20.4. The number of benzene rings is 2. The zero-order valence-corrected chi connectivity index (χ0v) is 15.6. The van der Waals surface area contributed by atoms with Gasteiger partial charge in [-0.05, 0) is 43.7 Å². The fourth-order valence-electron chi connectivity index (χ4n) is 2.15. The monoisotopic (exact) mass is 397 g/mol. The van der Waals surface area contributed by atoms with Crippen LogP contribution in [0.5, 0.6) is 0 Å². The molecule has 2 aromatic rings. The molecule has 0 fully saturated rings. The number of esters is 1. The van der Waals surface area contributed by atoms with Gasteiger partial charge in [0.25, 0.3) is 5.91 Å². The standard InChI is InChI=1S/C18H17F2NO5S/c1-10-4-6-13(27(3,24)25)9-14(10)18(23)26-11(2)17(22)21-16-7-5-12(19)8-15(16)20/h4-9,11H,1-3H3,(H,21,22). The number of carbonyl (C=O) groups is 2. The largest absolute Gasteiger partial charge is 0.449 e. The van der Waals surface area contributed by atoms with Crippen LogP contribution in [0.4, 0.5) is 14.5 Å². The molecule has 0 heterocycles. The lowest BCUT2D eigenvalue weighted by molar-refractivity contribution is -0.123. The van der Waals surface area contributed by atoms with E-state index in [1.54, 1.807) is 6.92 Å². The molecule has 2 rings (SSSR count). The molecule has 27 heavy (non-hydrogen) atoms. The molecule has 0 aliphatic carbocycles. The molecule has 9 heteroatoms. The number of hydrogen-bond donors (Lipinski definition) is 1. The van der Waals surface area contributed by atoms with Crippen LogP contribution in [-0.2, 0) is 19.4 Å². The molecule has 144 valence electrons. The number of anilines is 1. The van der Waals surface area contributed by atoms with E-state index in [2.05, 4.69) is 5.32 Å². The van der Waals surface area contributed by atoms with Gasteiger partial charge < -0.3 is 10.1 Å². The number of aryl methyl sites for hydroxylation is 1. The first kappa shape index (κ1) is 20.5. The summed E-state index contributed by atoms with van der Waals surface area (Å²) in [6.07, 6.45) is -0.302. The topological polar surface area (TPSA) is 89.5 Å². The van der Waals surface area contributed by atoms with E-state index < -0.39 is 39.5 Å². The van der Waals surface area contributed by atoms with E-state index >= 15 is 0 Å². The first-order valence-electron chi connectivity index (χ1n) is 7.76. The van der Waals surface area contributed by atoms with E-state index in [4.69, 9.17) is 4.74 Å². The Balaban J connectivity index is 2.14. The van der Waals surface area contributed by atoms with E-state index in [-0.39, 0.29) is 16.1 Å². The highest BCUT2D eigenvalue weighted by Gasteiger charge is 2.22. The Morgan fingerprint density at radius 3 is 2.37 bits per heavy atom. The van der Waals surface area contributed by atoms with Gasteiger partial charge in [-0.2, -0.15) is 0 Å². The molecule has 1 N–H and O–H groups in total. The van der Waals surface area contributed by atoms with Crippen molar-refractivity contribution in [2.75, 3.05) is 11.6 Å². The average molecular weight is 397 g/mol. The first-order chi connectivity index (χ1) is 12.5. The van der Waals surface area contributed by atoms with Crippen LogP contribution in [-0.4, -0.2) is 32.7 Å². The number of sulfone groups is 1. The van der Waals surface area contributed by atoms with Gasteiger partial charge in [-0.1, -0.05) is 6.07 Å². The lowest BCUT2D eigenvalue weighted by Crippen LogP contribution is -2.30. The number of nitrogens with one attached hydrogen (secondary N) is 1. The van der Waals surface area contributed by atoms with Gasteiger partial charge in [0.05, 0.1) is 16.1 Å². The Morgan fingerprint density at radius 2 is 1.78 bits per heavy atom. The highest BCUT2D eigenvalue weighted by atomic mass is 32.2. The number of amides is 1. The smallest absolute Gasteiger partial charge is 0.339 e. The van der Waals surface area contributed by atoms with E-state index in [1.165, 1.54) is 19.1 Å². The van der Waals surface area contributed by atoms with Gasteiger partial charge in [-0.3, -0.25) is 4.79 Å². The minimum atomic E-state index is -3.53. The molecule has 6 nitrogen and oxygen atoms in total. The first-order valence-corrected chi connectivity index (χ1v) is 9.66. The Labute approximate surface area is 155 Å². The predicted octanol–water partition coefficient (Wildman–Crippen LogP) is 2.86. The van der Waals surface area contributed by atoms with Crippen molar-refractivity contribution in [3.05, 3.63) is 59.2 Å². The summed E-state index contributed by atoms with van der Waals surface area (Å²) in [5, 5.41) is 2.19. The molecule has 1 atom stereocenters.